The predicted molar refractivity (Wildman–Crippen MR) is 104 cm³/mol. The van der Waals surface area contributed by atoms with Crippen LogP contribution in [0.5, 0.6) is 0 Å². The van der Waals surface area contributed by atoms with Crippen molar-refractivity contribution < 1.29 is 13.2 Å². The maximum atomic E-state index is 13.0. The van der Waals surface area contributed by atoms with Gasteiger partial charge in [-0.3, -0.25) is 4.90 Å². The van der Waals surface area contributed by atoms with E-state index in [1.54, 1.807) is 10.4 Å². The third-order valence-corrected chi connectivity index (χ3v) is 9.01. The van der Waals surface area contributed by atoms with Crippen LogP contribution in [0.2, 0.25) is 0 Å². The van der Waals surface area contributed by atoms with E-state index in [1.165, 1.54) is 38.6 Å². The topological polar surface area (TPSA) is 49.9 Å². The van der Waals surface area contributed by atoms with Gasteiger partial charge in [0.1, 0.15) is 0 Å². The number of hydrogen-bond acceptors (Lipinski definition) is 4. The highest BCUT2D eigenvalue weighted by atomic mass is 32.2. The van der Waals surface area contributed by atoms with E-state index in [2.05, 4.69) is 11.0 Å². The van der Waals surface area contributed by atoms with Gasteiger partial charge in [-0.15, -0.1) is 0 Å². The molecule has 27 heavy (non-hydrogen) atoms. The molecule has 2 aliphatic carbocycles. The third-order valence-electron chi connectivity index (χ3n) is 7.11. The van der Waals surface area contributed by atoms with E-state index in [0.717, 1.165) is 29.9 Å². The second kappa shape index (κ2) is 7.14. The summed E-state index contributed by atoms with van der Waals surface area (Å²) in [6.45, 7) is 3.94. The fraction of sp³-hybridized carbons (Fsp3) is 0.714. The highest BCUT2D eigenvalue weighted by Gasteiger charge is 2.42. The van der Waals surface area contributed by atoms with Crippen LogP contribution in [0.1, 0.15) is 37.7 Å². The highest BCUT2D eigenvalue weighted by molar-refractivity contribution is 7.89. The smallest absolute Gasteiger partial charge is 0.243 e. The summed E-state index contributed by atoms with van der Waals surface area (Å²) in [7, 11) is -3.42. The van der Waals surface area contributed by atoms with E-state index < -0.39 is 10.0 Å². The molecule has 3 aliphatic heterocycles. The second-order valence-electron chi connectivity index (χ2n) is 9.02. The zero-order valence-corrected chi connectivity index (χ0v) is 16.7. The summed E-state index contributed by atoms with van der Waals surface area (Å²) in [5.74, 6) is 2.72. The zero-order chi connectivity index (χ0) is 18.4. The Morgan fingerprint density at radius 1 is 0.963 bits per heavy atom. The fourth-order valence-electron chi connectivity index (χ4n) is 6.05. The molecule has 0 amide bonds. The minimum Gasteiger partial charge on any atom is -0.379 e. The van der Waals surface area contributed by atoms with Gasteiger partial charge in [-0.05, 0) is 67.6 Å². The van der Waals surface area contributed by atoms with Crippen molar-refractivity contribution in [1.29, 1.82) is 0 Å². The molecule has 2 saturated carbocycles. The van der Waals surface area contributed by atoms with E-state index in [1.807, 2.05) is 12.1 Å². The maximum absolute atomic E-state index is 13.0. The van der Waals surface area contributed by atoms with Crippen LogP contribution in [0.4, 0.5) is 0 Å². The van der Waals surface area contributed by atoms with Crippen LogP contribution in [0.3, 0.4) is 0 Å². The second-order valence-corrected chi connectivity index (χ2v) is 11.0. The zero-order valence-electron chi connectivity index (χ0n) is 15.9. The molecule has 0 radical (unpaired) electrons. The average Bonchev–Trinajstić information content (AvgIpc) is 2.86. The van der Waals surface area contributed by atoms with Gasteiger partial charge >= 0.3 is 0 Å². The average molecular weight is 391 g/mol. The van der Waals surface area contributed by atoms with Crippen molar-refractivity contribution in [1.82, 2.24) is 9.21 Å². The van der Waals surface area contributed by atoms with Crippen molar-refractivity contribution in [2.24, 2.45) is 17.8 Å². The van der Waals surface area contributed by atoms with Gasteiger partial charge in [-0.1, -0.05) is 12.1 Å². The summed E-state index contributed by atoms with van der Waals surface area (Å²) in [4.78, 5) is 3.09. The van der Waals surface area contributed by atoms with Crippen LogP contribution in [0.15, 0.2) is 29.2 Å². The molecule has 0 aromatic heterocycles. The first-order chi connectivity index (χ1) is 13.1. The van der Waals surface area contributed by atoms with Crippen LogP contribution >= 0.6 is 0 Å². The SMILES string of the molecule is O=S(=O)(c1cccc(CN2CC3CC4CC(C3)CC2C4)c1)N1CCOCC1. The third kappa shape index (κ3) is 3.57. The van der Waals surface area contributed by atoms with Crippen molar-refractivity contribution >= 4 is 10.0 Å². The van der Waals surface area contributed by atoms with Crippen molar-refractivity contribution in [2.45, 2.75) is 49.6 Å². The molecule has 2 unspecified atom stereocenters. The quantitative estimate of drug-likeness (QED) is 0.793. The lowest BCUT2D eigenvalue weighted by molar-refractivity contribution is 0.0730. The standard InChI is InChI=1S/C21H30N2O3S/c24-27(25,23-4-6-26-7-5-23)21-3-1-2-16(13-21)14-22-15-19-9-17-8-18(10-19)12-20(22)11-17/h1-3,13,17-20H,4-12,14-15H2. The number of nitrogens with zero attached hydrogens (tertiary/aromatic N) is 2. The van der Waals surface area contributed by atoms with Crippen molar-refractivity contribution in [3.8, 4) is 0 Å². The number of sulfonamides is 1. The monoisotopic (exact) mass is 390 g/mol. The van der Waals surface area contributed by atoms with Gasteiger partial charge in [-0.2, -0.15) is 4.31 Å². The molecular weight excluding hydrogens is 360 g/mol. The van der Waals surface area contributed by atoms with Gasteiger partial charge in [-0.25, -0.2) is 8.42 Å². The first-order valence-corrected chi connectivity index (χ1v) is 11.9. The summed E-state index contributed by atoms with van der Waals surface area (Å²) < 4.78 is 32.8. The van der Waals surface area contributed by atoms with Gasteiger partial charge in [0.2, 0.25) is 10.0 Å². The minimum absolute atomic E-state index is 0.433. The first-order valence-electron chi connectivity index (χ1n) is 10.5. The lowest BCUT2D eigenvalue weighted by Gasteiger charge is -2.39. The molecule has 3 saturated heterocycles. The molecule has 5 nitrogen and oxygen atoms in total. The van der Waals surface area contributed by atoms with Gasteiger partial charge in [0.15, 0.2) is 0 Å². The Balaban J connectivity index is 1.35. The number of rotatable bonds is 4. The Labute approximate surface area is 162 Å². The Morgan fingerprint density at radius 3 is 2.41 bits per heavy atom. The molecule has 6 heteroatoms. The summed E-state index contributed by atoms with van der Waals surface area (Å²) >= 11 is 0. The van der Waals surface area contributed by atoms with E-state index in [4.69, 9.17) is 4.74 Å². The molecule has 1 aromatic rings. The maximum Gasteiger partial charge on any atom is 0.243 e. The van der Waals surface area contributed by atoms with Crippen LogP contribution < -0.4 is 0 Å². The number of fused-ring (bicyclic) bond motifs is 1. The molecule has 0 spiro atoms. The number of morpholine rings is 1. The Hall–Kier alpha value is -0.950. The largest absolute Gasteiger partial charge is 0.379 e. The number of hydrogen-bond donors (Lipinski definition) is 0. The minimum atomic E-state index is -3.42. The Bertz CT molecular complexity index is 776. The molecule has 1 aromatic carbocycles. The summed E-state index contributed by atoms with van der Waals surface area (Å²) in [5.41, 5.74) is 1.13. The summed E-state index contributed by atoms with van der Waals surface area (Å²) in [6, 6.07) is 8.34. The molecule has 148 valence electrons. The van der Waals surface area contributed by atoms with Gasteiger partial charge in [0, 0.05) is 32.2 Å². The molecule has 3 heterocycles. The van der Waals surface area contributed by atoms with E-state index >= 15 is 0 Å². The van der Waals surface area contributed by atoms with Crippen LogP contribution in [0, 0.1) is 17.8 Å². The molecular formula is C21H30N2O3S. The molecule has 4 bridgehead atoms. The summed E-state index contributed by atoms with van der Waals surface area (Å²) in [6.07, 6.45) is 6.97. The summed E-state index contributed by atoms with van der Waals surface area (Å²) in [5, 5.41) is 0. The van der Waals surface area contributed by atoms with E-state index in [0.29, 0.717) is 37.2 Å². The van der Waals surface area contributed by atoms with Gasteiger partial charge in [0.25, 0.3) is 0 Å². The van der Waals surface area contributed by atoms with Gasteiger partial charge in [0.05, 0.1) is 18.1 Å². The van der Waals surface area contributed by atoms with E-state index in [9.17, 15) is 8.42 Å². The van der Waals surface area contributed by atoms with Crippen molar-refractivity contribution in [3.63, 3.8) is 0 Å². The molecule has 6 rings (SSSR count). The number of ether oxygens (including phenoxy) is 1. The van der Waals surface area contributed by atoms with Crippen LogP contribution in [-0.2, 0) is 21.3 Å². The van der Waals surface area contributed by atoms with Crippen LogP contribution in [0.25, 0.3) is 0 Å². The van der Waals surface area contributed by atoms with Gasteiger partial charge < -0.3 is 4.74 Å². The van der Waals surface area contributed by atoms with E-state index in [-0.39, 0.29) is 0 Å². The molecule has 5 aliphatic rings. The Morgan fingerprint density at radius 2 is 1.67 bits per heavy atom. The molecule has 5 fully saturated rings. The number of benzene rings is 1. The molecule has 2 atom stereocenters. The molecule has 0 N–H and O–H groups in total. The Kier molecular flexibility index (Phi) is 4.79. The van der Waals surface area contributed by atoms with Crippen LogP contribution in [-0.4, -0.2) is 56.5 Å². The fourth-order valence-corrected chi connectivity index (χ4v) is 7.53. The lowest BCUT2D eigenvalue weighted by Crippen LogP contribution is -2.40. The van der Waals surface area contributed by atoms with Crippen molar-refractivity contribution in [2.75, 3.05) is 32.8 Å². The first kappa shape index (κ1) is 18.1. The predicted octanol–water partition coefficient (Wildman–Crippen LogP) is 2.72. The van der Waals surface area contributed by atoms with Crippen molar-refractivity contribution in [3.05, 3.63) is 29.8 Å². The normalized spacial score (nSPS) is 34.7. The lowest BCUT2D eigenvalue weighted by atomic mass is 9.68. The highest BCUT2D eigenvalue weighted by Crippen LogP contribution is 2.47.